The minimum absolute atomic E-state index is 1.01. The molecule has 0 unspecified atom stereocenters. The molecule has 0 radical (unpaired) electrons. The SMILES string of the molecule is c1coc(CCSSCCc2ccco2)c1. The molecule has 0 amide bonds. The first-order chi connectivity index (χ1) is 7.95. The second-order valence-corrected chi connectivity index (χ2v) is 6.00. The van der Waals surface area contributed by atoms with Gasteiger partial charge in [-0.2, -0.15) is 0 Å². The molecule has 2 heterocycles. The average molecular weight is 254 g/mol. The lowest BCUT2D eigenvalue weighted by atomic mass is 10.4. The van der Waals surface area contributed by atoms with Gasteiger partial charge in [-0.15, -0.1) is 0 Å². The molecule has 0 bridgehead atoms. The summed E-state index contributed by atoms with van der Waals surface area (Å²) >= 11 is 0. The lowest BCUT2D eigenvalue weighted by molar-refractivity contribution is 0.517. The Kier molecular flexibility index (Phi) is 4.96. The fourth-order valence-electron chi connectivity index (χ4n) is 1.31. The maximum atomic E-state index is 5.26. The minimum Gasteiger partial charge on any atom is -0.469 e. The van der Waals surface area contributed by atoms with E-state index in [1.54, 1.807) is 12.5 Å². The lowest BCUT2D eigenvalue weighted by Crippen LogP contribution is -1.86. The van der Waals surface area contributed by atoms with E-state index in [1.165, 1.54) is 0 Å². The van der Waals surface area contributed by atoms with Crippen LogP contribution < -0.4 is 0 Å². The van der Waals surface area contributed by atoms with Crippen LogP contribution in [0, 0.1) is 0 Å². The summed E-state index contributed by atoms with van der Waals surface area (Å²) in [7, 11) is 3.78. The molecule has 0 aliphatic carbocycles. The first kappa shape index (κ1) is 11.7. The predicted molar refractivity (Wildman–Crippen MR) is 69.7 cm³/mol. The van der Waals surface area contributed by atoms with E-state index in [1.807, 2.05) is 45.9 Å². The molecule has 0 saturated carbocycles. The maximum Gasteiger partial charge on any atom is 0.104 e. The molecular formula is C12H14O2S2. The van der Waals surface area contributed by atoms with Crippen molar-refractivity contribution >= 4 is 21.6 Å². The van der Waals surface area contributed by atoms with Crippen molar-refractivity contribution in [1.29, 1.82) is 0 Å². The van der Waals surface area contributed by atoms with E-state index in [0.29, 0.717) is 0 Å². The molecule has 0 fully saturated rings. The van der Waals surface area contributed by atoms with E-state index >= 15 is 0 Å². The Morgan fingerprint density at radius 2 is 1.31 bits per heavy atom. The van der Waals surface area contributed by atoms with Gasteiger partial charge in [-0.25, -0.2) is 0 Å². The second kappa shape index (κ2) is 6.76. The zero-order chi connectivity index (χ0) is 11.1. The molecule has 0 N–H and O–H groups in total. The molecule has 0 aliphatic heterocycles. The van der Waals surface area contributed by atoms with Crippen LogP contribution in [-0.2, 0) is 12.8 Å². The molecule has 2 aromatic heterocycles. The van der Waals surface area contributed by atoms with Gasteiger partial charge >= 0.3 is 0 Å². The highest BCUT2D eigenvalue weighted by atomic mass is 33.1. The van der Waals surface area contributed by atoms with Gasteiger partial charge in [-0.1, -0.05) is 21.6 Å². The zero-order valence-electron chi connectivity index (χ0n) is 8.93. The third-order valence-corrected chi connectivity index (χ3v) is 4.52. The number of furan rings is 2. The van der Waals surface area contributed by atoms with Gasteiger partial charge in [0, 0.05) is 24.3 Å². The van der Waals surface area contributed by atoms with E-state index in [2.05, 4.69) is 0 Å². The van der Waals surface area contributed by atoms with Gasteiger partial charge < -0.3 is 8.83 Å². The smallest absolute Gasteiger partial charge is 0.104 e. The van der Waals surface area contributed by atoms with Gasteiger partial charge in [-0.05, 0) is 24.3 Å². The van der Waals surface area contributed by atoms with Crippen LogP contribution in [-0.4, -0.2) is 11.5 Å². The highest BCUT2D eigenvalue weighted by Gasteiger charge is 1.98. The summed E-state index contributed by atoms with van der Waals surface area (Å²) in [5, 5.41) is 0. The van der Waals surface area contributed by atoms with Gasteiger partial charge in [0.2, 0.25) is 0 Å². The topological polar surface area (TPSA) is 26.3 Å². The van der Waals surface area contributed by atoms with Crippen molar-refractivity contribution in [2.45, 2.75) is 12.8 Å². The van der Waals surface area contributed by atoms with Crippen molar-refractivity contribution in [2.24, 2.45) is 0 Å². The van der Waals surface area contributed by atoms with Gasteiger partial charge in [0.05, 0.1) is 12.5 Å². The van der Waals surface area contributed by atoms with Crippen LogP contribution in [0.15, 0.2) is 45.6 Å². The summed E-state index contributed by atoms with van der Waals surface area (Å²) in [5.74, 6) is 4.32. The zero-order valence-corrected chi connectivity index (χ0v) is 10.6. The van der Waals surface area contributed by atoms with Crippen LogP contribution in [0.4, 0.5) is 0 Å². The largest absolute Gasteiger partial charge is 0.469 e. The number of hydrogen-bond acceptors (Lipinski definition) is 4. The van der Waals surface area contributed by atoms with Crippen LogP contribution in [0.5, 0.6) is 0 Å². The van der Waals surface area contributed by atoms with E-state index in [4.69, 9.17) is 8.83 Å². The first-order valence-corrected chi connectivity index (χ1v) is 7.73. The Morgan fingerprint density at radius 1 is 0.812 bits per heavy atom. The van der Waals surface area contributed by atoms with Crippen molar-refractivity contribution in [3.8, 4) is 0 Å². The van der Waals surface area contributed by atoms with Gasteiger partial charge in [0.1, 0.15) is 11.5 Å². The van der Waals surface area contributed by atoms with Crippen molar-refractivity contribution in [1.82, 2.24) is 0 Å². The normalized spacial score (nSPS) is 10.8. The van der Waals surface area contributed by atoms with E-state index in [-0.39, 0.29) is 0 Å². The average Bonchev–Trinajstić information content (AvgIpc) is 2.96. The van der Waals surface area contributed by atoms with E-state index in [9.17, 15) is 0 Å². The molecule has 0 spiro atoms. The highest BCUT2D eigenvalue weighted by molar-refractivity contribution is 8.76. The predicted octanol–water partition coefficient (Wildman–Crippen LogP) is 4.04. The molecular weight excluding hydrogens is 240 g/mol. The fourth-order valence-corrected chi connectivity index (χ4v) is 3.32. The summed E-state index contributed by atoms with van der Waals surface area (Å²) in [5.41, 5.74) is 0. The van der Waals surface area contributed by atoms with E-state index < -0.39 is 0 Å². The molecule has 4 heteroatoms. The summed E-state index contributed by atoms with van der Waals surface area (Å²) in [6.45, 7) is 0. The molecule has 0 saturated heterocycles. The summed E-state index contributed by atoms with van der Waals surface area (Å²) in [6, 6.07) is 7.91. The van der Waals surface area contributed by atoms with Crippen LogP contribution in [0.2, 0.25) is 0 Å². The number of aryl methyl sites for hydroxylation is 2. The minimum atomic E-state index is 1.01. The van der Waals surface area contributed by atoms with E-state index in [0.717, 1.165) is 35.9 Å². The van der Waals surface area contributed by atoms with Crippen LogP contribution >= 0.6 is 21.6 Å². The summed E-state index contributed by atoms with van der Waals surface area (Å²) in [4.78, 5) is 0. The highest BCUT2D eigenvalue weighted by Crippen LogP contribution is 2.23. The Balaban J connectivity index is 1.49. The standard InChI is InChI=1S/C12H14O2S2/c1-3-11(13-7-1)5-9-15-16-10-6-12-4-2-8-14-12/h1-4,7-8H,5-6,9-10H2. The van der Waals surface area contributed by atoms with Crippen molar-refractivity contribution in [3.63, 3.8) is 0 Å². The van der Waals surface area contributed by atoms with Crippen molar-refractivity contribution < 1.29 is 8.83 Å². The number of rotatable bonds is 7. The fraction of sp³-hybridized carbons (Fsp3) is 0.333. The number of hydrogen-bond donors (Lipinski definition) is 0. The maximum absolute atomic E-state index is 5.26. The quantitative estimate of drug-likeness (QED) is 0.550. The molecule has 2 rings (SSSR count). The molecule has 0 atom stereocenters. The van der Waals surface area contributed by atoms with Crippen molar-refractivity contribution in [2.75, 3.05) is 11.5 Å². The van der Waals surface area contributed by atoms with Crippen LogP contribution in [0.3, 0.4) is 0 Å². The van der Waals surface area contributed by atoms with Gasteiger partial charge in [0.15, 0.2) is 0 Å². The Hall–Kier alpha value is -0.740. The third kappa shape index (κ3) is 4.02. The first-order valence-electron chi connectivity index (χ1n) is 5.24. The Morgan fingerprint density at radius 3 is 1.69 bits per heavy atom. The molecule has 2 nitrogen and oxygen atoms in total. The summed E-state index contributed by atoms with van der Waals surface area (Å²) in [6.07, 6.45) is 5.46. The second-order valence-electron chi connectivity index (χ2n) is 3.30. The van der Waals surface area contributed by atoms with Crippen LogP contribution in [0.25, 0.3) is 0 Å². The lowest BCUT2D eigenvalue weighted by Gasteiger charge is -1.98. The monoisotopic (exact) mass is 254 g/mol. The molecule has 0 aromatic carbocycles. The third-order valence-electron chi connectivity index (χ3n) is 2.11. The molecule has 0 aliphatic rings. The van der Waals surface area contributed by atoms with Gasteiger partial charge in [0.25, 0.3) is 0 Å². The Bertz CT molecular complexity index is 329. The van der Waals surface area contributed by atoms with Gasteiger partial charge in [-0.3, -0.25) is 0 Å². The molecule has 16 heavy (non-hydrogen) atoms. The Labute approximate surface area is 103 Å². The molecule has 86 valence electrons. The van der Waals surface area contributed by atoms with Crippen molar-refractivity contribution in [3.05, 3.63) is 48.3 Å². The molecule has 2 aromatic rings. The summed E-state index contributed by atoms with van der Waals surface area (Å²) < 4.78 is 10.5. The van der Waals surface area contributed by atoms with Crippen LogP contribution in [0.1, 0.15) is 11.5 Å².